The lowest BCUT2D eigenvalue weighted by Gasteiger charge is -1.69. The van der Waals surface area contributed by atoms with Crippen molar-refractivity contribution in [2.75, 3.05) is 65.8 Å². The van der Waals surface area contributed by atoms with E-state index in [0.29, 0.717) is 0 Å². The van der Waals surface area contributed by atoms with Crippen LogP contribution in [0, 0.1) is 0 Å². The van der Waals surface area contributed by atoms with Gasteiger partial charge >= 0.3 is 0 Å². The largest absolute Gasteiger partial charge is 0.388 e. The Morgan fingerprint density at radius 3 is 0.844 bits per heavy atom. The van der Waals surface area contributed by atoms with Crippen LogP contribution in [0.4, 0.5) is 0 Å². The molecule has 0 amide bonds. The average Bonchev–Trinajstić information content (AvgIpc) is 2.39. The zero-order chi connectivity index (χ0) is 22.3. The Morgan fingerprint density at radius 2 is 0.844 bits per heavy atom. The van der Waals surface area contributed by atoms with Crippen molar-refractivity contribution in [1.82, 2.24) is 5.32 Å². The second-order valence-corrected chi connectivity index (χ2v) is 9.16. The zero-order valence-electron chi connectivity index (χ0n) is 19.2. The predicted molar refractivity (Wildman–Crippen MR) is 172 cm³/mol. The van der Waals surface area contributed by atoms with Gasteiger partial charge in [0, 0.05) is 50.0 Å². The molecule has 0 rings (SSSR count). The Bertz CT molecular complexity index is 274. The molecule has 0 spiro atoms. The molecule has 0 atom stereocenters. The minimum absolute atomic E-state index is 0. The lowest BCUT2D eigenvalue weighted by Crippen LogP contribution is -1.89. The molecule has 32 heavy (non-hydrogen) atoms. The van der Waals surface area contributed by atoms with Crippen molar-refractivity contribution in [1.29, 1.82) is 0 Å². The van der Waals surface area contributed by atoms with E-state index in [1.165, 1.54) is 6.42 Å². The van der Waals surface area contributed by atoms with Gasteiger partial charge < -0.3 is 10.1 Å². The quantitative estimate of drug-likeness (QED) is 0.314. The number of hydrogen-bond donors (Lipinski definition) is 1. The highest BCUT2D eigenvalue weighted by Crippen LogP contribution is 1.70. The number of sulfone groups is 1. The van der Waals surface area contributed by atoms with Gasteiger partial charge in [-0.05, 0) is 40.5 Å². The summed E-state index contributed by atoms with van der Waals surface area (Å²) in [5.41, 5.74) is 0. The summed E-state index contributed by atoms with van der Waals surface area (Å²) in [6, 6.07) is 0. The number of ether oxygens (including phenoxy) is 1. The number of hydrogen-bond acceptors (Lipinski definition) is 6. The Labute approximate surface area is 218 Å². The van der Waals surface area contributed by atoms with Crippen LogP contribution in [0.3, 0.4) is 0 Å². The van der Waals surface area contributed by atoms with Crippen molar-refractivity contribution in [2.24, 2.45) is 0 Å². The highest BCUT2D eigenvalue weighted by molar-refractivity contribution is 7.97. The fourth-order valence-corrected chi connectivity index (χ4v) is 0. The van der Waals surface area contributed by atoms with Gasteiger partial charge in [0.1, 0.15) is 9.84 Å². The first-order valence-corrected chi connectivity index (χ1v) is 13.6. The van der Waals surface area contributed by atoms with Crippen LogP contribution in [-0.2, 0) is 25.4 Å². The van der Waals surface area contributed by atoms with Crippen LogP contribution >= 0.6 is 11.8 Å². The van der Waals surface area contributed by atoms with Crippen LogP contribution < -0.4 is 5.32 Å². The van der Waals surface area contributed by atoms with Crippen LogP contribution in [0.1, 0.15) is 86.1 Å². The third-order valence-corrected chi connectivity index (χ3v) is 0.333. The molecule has 0 aromatic rings. The van der Waals surface area contributed by atoms with Crippen molar-refractivity contribution in [3.05, 3.63) is 12.2 Å². The van der Waals surface area contributed by atoms with Crippen LogP contribution in [0.25, 0.3) is 0 Å². The van der Waals surface area contributed by atoms with Crippen molar-refractivity contribution in [3.8, 4) is 0 Å². The maximum Gasteiger partial charge on any atom is 0.144 e. The van der Waals surface area contributed by atoms with E-state index in [9.17, 15) is 12.6 Å². The van der Waals surface area contributed by atoms with E-state index in [0.717, 1.165) is 12.5 Å². The highest BCUT2D eigenvalue weighted by atomic mass is 32.2. The Kier molecular flexibility index (Phi) is 366. The van der Waals surface area contributed by atoms with Crippen molar-refractivity contribution < 1.29 is 17.4 Å². The minimum Gasteiger partial charge on any atom is -0.388 e. The smallest absolute Gasteiger partial charge is 0.144 e. The molecule has 1 N–H and O–H groups in total. The van der Waals surface area contributed by atoms with E-state index in [-0.39, 0.29) is 52.0 Å². The standard InChI is InChI=1S/C4H8.C3H8.C2H7N.C2H6O2S.C2H6OS.C2H6O.C2H6S.7CH4/c1-3-4-2;2*1-3-2;1-5(2,3)4;1-4(2)3;2*1-3-2;;;;;;;/h3-4H,1-2H3;3H2,1-2H3;3H,1-2H3;1-2H3;1-2H3;2*1-2H3;7*1H4/b4-3-;;;;;;;;;;;;;. The third kappa shape index (κ3) is 20700. The molecule has 8 heteroatoms. The molecule has 0 aliphatic carbocycles. The molecule has 0 heterocycles. The first kappa shape index (κ1) is 94.8. The van der Waals surface area contributed by atoms with Gasteiger partial charge in [0.05, 0.1) is 0 Å². The number of rotatable bonds is 0. The lowest BCUT2D eigenvalue weighted by atomic mass is 10.6. The van der Waals surface area contributed by atoms with E-state index in [1.54, 1.807) is 38.5 Å². The molecule has 0 bridgehead atoms. The molecule has 0 saturated heterocycles. The second kappa shape index (κ2) is 124. The molecule has 0 radical (unpaired) electrons. The summed E-state index contributed by atoms with van der Waals surface area (Å²) in [6.45, 7) is 8.25. The summed E-state index contributed by atoms with van der Waals surface area (Å²) >= 11 is 1.75. The van der Waals surface area contributed by atoms with Crippen molar-refractivity contribution in [2.45, 2.75) is 86.1 Å². The molecule has 0 unspecified atom stereocenters. The van der Waals surface area contributed by atoms with Crippen LogP contribution in [0.15, 0.2) is 12.2 Å². The summed E-state index contributed by atoms with van der Waals surface area (Å²) in [6.07, 6.45) is 14.9. The molecule has 0 aliphatic rings. The molecular weight excluding hydrogens is 462 g/mol. The maximum atomic E-state index is 9.63. The molecule has 0 aromatic heterocycles. The van der Waals surface area contributed by atoms with Gasteiger partial charge in [0.2, 0.25) is 0 Å². The summed E-state index contributed by atoms with van der Waals surface area (Å²) in [7, 11) is 3.72. The first-order valence-electron chi connectivity index (χ1n) is 7.67. The molecule has 0 saturated carbocycles. The van der Waals surface area contributed by atoms with Gasteiger partial charge in [0.15, 0.2) is 0 Å². The zero-order valence-corrected chi connectivity index (χ0v) is 21.7. The topological polar surface area (TPSA) is 72.5 Å². The fourth-order valence-electron chi connectivity index (χ4n) is 0. The summed E-state index contributed by atoms with van der Waals surface area (Å²) in [5, 5.41) is 2.75. The minimum atomic E-state index is -2.67. The molecule has 218 valence electrons. The number of nitrogens with one attached hydrogen (secondary N) is 1. The Hall–Kier alpha value is 0.110. The van der Waals surface area contributed by atoms with E-state index >= 15 is 0 Å². The van der Waals surface area contributed by atoms with Gasteiger partial charge in [-0.1, -0.05) is 84.4 Å². The lowest BCUT2D eigenvalue weighted by molar-refractivity contribution is 0.277. The van der Waals surface area contributed by atoms with E-state index in [2.05, 4.69) is 23.9 Å². The first-order chi connectivity index (χ1) is 11.3. The normalized spacial score (nSPS) is 6.34. The number of allylic oxidation sites excluding steroid dienone is 2. The monoisotopic (exact) mass is 537 g/mol. The highest BCUT2D eigenvalue weighted by Gasteiger charge is 1.79. The van der Waals surface area contributed by atoms with Gasteiger partial charge in [-0.2, -0.15) is 11.8 Å². The van der Waals surface area contributed by atoms with Gasteiger partial charge in [-0.3, -0.25) is 4.21 Å². The van der Waals surface area contributed by atoms with Crippen molar-refractivity contribution >= 4 is 32.4 Å². The molecule has 0 aromatic carbocycles. The van der Waals surface area contributed by atoms with E-state index in [1.807, 2.05) is 52.6 Å². The van der Waals surface area contributed by atoms with E-state index < -0.39 is 20.6 Å². The van der Waals surface area contributed by atoms with Gasteiger partial charge in [-0.15, -0.1) is 0 Å². The fraction of sp³-hybridized carbons (Fsp3) is 0.917. The van der Waals surface area contributed by atoms with Crippen LogP contribution in [0.2, 0.25) is 0 Å². The second-order valence-electron chi connectivity index (χ2n) is 4.57. The molecule has 0 aliphatic heterocycles. The van der Waals surface area contributed by atoms with Crippen LogP contribution in [-0.4, -0.2) is 78.5 Å². The summed E-state index contributed by atoms with van der Waals surface area (Å²) < 4.78 is 33.1. The number of methoxy groups -OCH3 is 1. The van der Waals surface area contributed by atoms with Gasteiger partial charge in [-0.25, -0.2) is 8.42 Å². The Morgan fingerprint density at radius 1 is 0.812 bits per heavy atom. The summed E-state index contributed by atoms with van der Waals surface area (Å²) in [4.78, 5) is 0. The average molecular weight is 538 g/mol. The SMILES string of the molecule is C.C.C.C.C.C.C.C/C=C\C.CCC.CNC.COC.CS(C)(=O)=O.CS(C)=O.CSC. The maximum absolute atomic E-state index is 9.63. The predicted octanol–water partition coefficient (Wildman–Crippen LogP) is 8.18. The van der Waals surface area contributed by atoms with Gasteiger partial charge in [0.25, 0.3) is 0 Å². The van der Waals surface area contributed by atoms with Crippen molar-refractivity contribution in [3.63, 3.8) is 0 Å². The third-order valence-electron chi connectivity index (χ3n) is 0.333. The van der Waals surface area contributed by atoms with Crippen LogP contribution in [0.5, 0.6) is 0 Å². The molecule has 5 nitrogen and oxygen atoms in total. The Balaban J connectivity index is -0.00000000957. The molecular formula is C24H75NO4S3. The summed E-state index contributed by atoms with van der Waals surface area (Å²) in [5.74, 6) is 0. The molecule has 0 fully saturated rings. The number of thioether (sulfide) groups is 1. The van der Waals surface area contributed by atoms with E-state index in [4.69, 9.17) is 0 Å².